The van der Waals surface area contributed by atoms with Gasteiger partial charge in [-0.3, -0.25) is 9.59 Å². The second-order valence-electron chi connectivity index (χ2n) is 4.08. The third kappa shape index (κ3) is 3.06. The predicted molar refractivity (Wildman–Crippen MR) is 62.0 cm³/mol. The van der Waals surface area contributed by atoms with E-state index in [-0.39, 0.29) is 12.5 Å². The van der Waals surface area contributed by atoms with Crippen LogP contribution < -0.4 is 5.32 Å². The van der Waals surface area contributed by atoms with E-state index < -0.39 is 11.9 Å². The number of ether oxygens (including phenoxy) is 1. The Morgan fingerprint density at radius 2 is 2.12 bits per heavy atom. The first-order chi connectivity index (χ1) is 8.27. The zero-order valence-electron chi connectivity index (χ0n) is 9.52. The molecule has 1 atom stereocenters. The van der Waals surface area contributed by atoms with E-state index in [9.17, 15) is 9.59 Å². The molecule has 0 aromatic heterocycles. The lowest BCUT2D eigenvalue weighted by atomic mass is 9.99. The molecule has 1 aromatic carbocycles. The molecule has 1 aliphatic rings. The first-order valence-corrected chi connectivity index (χ1v) is 5.75. The number of hydrogen-bond acceptors (Lipinski definition) is 3. The van der Waals surface area contributed by atoms with E-state index in [1.165, 1.54) is 0 Å². The van der Waals surface area contributed by atoms with Gasteiger partial charge in [0.2, 0.25) is 5.91 Å². The number of benzene rings is 1. The fourth-order valence-electron chi connectivity index (χ4n) is 1.83. The van der Waals surface area contributed by atoms with E-state index >= 15 is 0 Å². The number of carbonyl (C=O) groups is 2. The fraction of sp³-hybridized carbons (Fsp3) is 0.385. The van der Waals surface area contributed by atoms with Crippen molar-refractivity contribution in [3.8, 4) is 0 Å². The third-order valence-electron chi connectivity index (χ3n) is 2.79. The number of piperidine rings is 1. The molecule has 0 radical (unpaired) electrons. The van der Waals surface area contributed by atoms with E-state index in [1.54, 1.807) is 0 Å². The van der Waals surface area contributed by atoms with Gasteiger partial charge in [0.25, 0.3) is 0 Å². The van der Waals surface area contributed by atoms with E-state index in [1.807, 2.05) is 30.3 Å². The molecule has 1 saturated heterocycles. The Kier molecular flexibility index (Phi) is 3.75. The topological polar surface area (TPSA) is 55.4 Å². The second kappa shape index (κ2) is 5.48. The molecule has 17 heavy (non-hydrogen) atoms. The van der Waals surface area contributed by atoms with Gasteiger partial charge < -0.3 is 10.1 Å². The number of nitrogens with one attached hydrogen (secondary N) is 1. The summed E-state index contributed by atoms with van der Waals surface area (Å²) in [6, 6.07) is 9.44. The molecule has 0 aliphatic carbocycles. The summed E-state index contributed by atoms with van der Waals surface area (Å²) in [6.07, 6.45) is 1.41. The Labute approximate surface area is 100.0 Å². The van der Waals surface area contributed by atoms with Crippen molar-refractivity contribution in [1.82, 2.24) is 5.32 Å². The minimum absolute atomic E-state index is 0.214. The lowest BCUT2D eigenvalue weighted by Crippen LogP contribution is -2.41. The smallest absolute Gasteiger partial charge is 0.318 e. The molecule has 1 unspecified atom stereocenters. The molecular formula is C13H15NO3. The highest BCUT2D eigenvalue weighted by Crippen LogP contribution is 2.14. The second-order valence-corrected chi connectivity index (χ2v) is 4.08. The molecule has 4 nitrogen and oxygen atoms in total. The van der Waals surface area contributed by atoms with Gasteiger partial charge in [-0.05, 0) is 18.4 Å². The van der Waals surface area contributed by atoms with Gasteiger partial charge in [-0.2, -0.15) is 0 Å². The van der Waals surface area contributed by atoms with Gasteiger partial charge in [-0.1, -0.05) is 30.3 Å². The minimum Gasteiger partial charge on any atom is -0.460 e. The van der Waals surface area contributed by atoms with Crippen LogP contribution in [-0.2, 0) is 20.9 Å². The minimum atomic E-state index is -0.632. The largest absolute Gasteiger partial charge is 0.460 e. The molecule has 1 fully saturated rings. The van der Waals surface area contributed by atoms with Crippen molar-refractivity contribution < 1.29 is 14.3 Å². The highest BCUT2D eigenvalue weighted by atomic mass is 16.5. The summed E-state index contributed by atoms with van der Waals surface area (Å²) in [5.41, 5.74) is 0.928. The van der Waals surface area contributed by atoms with Crippen LogP contribution >= 0.6 is 0 Å². The molecule has 0 spiro atoms. The van der Waals surface area contributed by atoms with Gasteiger partial charge in [0.05, 0.1) is 0 Å². The number of rotatable bonds is 3. The van der Waals surface area contributed by atoms with Gasteiger partial charge in [0.15, 0.2) is 0 Å². The highest BCUT2D eigenvalue weighted by molar-refractivity contribution is 5.98. The van der Waals surface area contributed by atoms with Crippen molar-refractivity contribution in [2.75, 3.05) is 6.54 Å². The first-order valence-electron chi connectivity index (χ1n) is 5.75. The normalized spacial score (nSPS) is 19.5. The summed E-state index contributed by atoms with van der Waals surface area (Å²) in [6.45, 7) is 0.880. The van der Waals surface area contributed by atoms with Crippen molar-refractivity contribution in [3.05, 3.63) is 35.9 Å². The number of esters is 1. The number of hydrogen-bond donors (Lipinski definition) is 1. The molecule has 1 aliphatic heterocycles. The molecule has 1 aromatic rings. The Morgan fingerprint density at radius 1 is 1.35 bits per heavy atom. The van der Waals surface area contributed by atoms with Gasteiger partial charge in [0.1, 0.15) is 12.5 Å². The van der Waals surface area contributed by atoms with E-state index in [0.717, 1.165) is 12.0 Å². The predicted octanol–water partition coefficient (Wildman–Crippen LogP) is 1.26. The summed E-state index contributed by atoms with van der Waals surface area (Å²) >= 11 is 0. The maximum Gasteiger partial charge on any atom is 0.318 e. The third-order valence-corrected chi connectivity index (χ3v) is 2.79. The summed E-state index contributed by atoms with van der Waals surface area (Å²) in [5.74, 6) is -1.27. The Hall–Kier alpha value is -1.84. The van der Waals surface area contributed by atoms with E-state index in [2.05, 4.69) is 5.32 Å². The molecule has 1 amide bonds. The summed E-state index contributed by atoms with van der Waals surface area (Å²) in [7, 11) is 0. The average molecular weight is 233 g/mol. The summed E-state index contributed by atoms with van der Waals surface area (Å²) in [5, 5.41) is 2.67. The van der Waals surface area contributed by atoms with Gasteiger partial charge in [-0.15, -0.1) is 0 Å². The van der Waals surface area contributed by atoms with Crippen LogP contribution in [0, 0.1) is 5.92 Å². The zero-order valence-corrected chi connectivity index (χ0v) is 9.52. The molecule has 90 valence electrons. The van der Waals surface area contributed by atoms with Crippen LogP contribution in [0.1, 0.15) is 18.4 Å². The van der Waals surface area contributed by atoms with Gasteiger partial charge in [0, 0.05) is 6.54 Å². The van der Waals surface area contributed by atoms with Crippen molar-refractivity contribution >= 4 is 11.9 Å². The maximum atomic E-state index is 11.7. The fourth-order valence-corrected chi connectivity index (χ4v) is 1.83. The van der Waals surface area contributed by atoms with Crippen LogP contribution in [-0.4, -0.2) is 18.4 Å². The van der Waals surface area contributed by atoms with Crippen LogP contribution in [0.3, 0.4) is 0 Å². The molecule has 0 bridgehead atoms. The van der Waals surface area contributed by atoms with Crippen molar-refractivity contribution in [2.24, 2.45) is 5.92 Å². The van der Waals surface area contributed by atoms with Crippen LogP contribution in [0.15, 0.2) is 30.3 Å². The van der Waals surface area contributed by atoms with Crippen LogP contribution in [0.4, 0.5) is 0 Å². The number of amides is 1. The van der Waals surface area contributed by atoms with E-state index in [4.69, 9.17) is 4.74 Å². The molecule has 0 saturated carbocycles. The molecule has 1 heterocycles. The zero-order chi connectivity index (χ0) is 12.1. The molecule has 4 heteroatoms. The average Bonchev–Trinajstić information content (AvgIpc) is 2.38. The van der Waals surface area contributed by atoms with Crippen LogP contribution in [0.5, 0.6) is 0 Å². The quantitative estimate of drug-likeness (QED) is 0.631. The van der Waals surface area contributed by atoms with Crippen molar-refractivity contribution in [3.63, 3.8) is 0 Å². The van der Waals surface area contributed by atoms with Gasteiger partial charge >= 0.3 is 5.97 Å². The maximum absolute atomic E-state index is 11.7. The van der Waals surface area contributed by atoms with Gasteiger partial charge in [-0.25, -0.2) is 0 Å². The Bertz CT molecular complexity index is 402. The summed E-state index contributed by atoms with van der Waals surface area (Å²) < 4.78 is 5.14. The van der Waals surface area contributed by atoms with Crippen molar-refractivity contribution in [2.45, 2.75) is 19.4 Å². The SMILES string of the molecule is O=C1NCCCC1C(=O)OCc1ccccc1. The summed E-state index contributed by atoms with van der Waals surface area (Å²) in [4.78, 5) is 23.1. The van der Waals surface area contributed by atoms with E-state index in [0.29, 0.717) is 13.0 Å². The standard InChI is InChI=1S/C13H15NO3/c15-12-11(7-4-8-14-12)13(16)17-9-10-5-2-1-3-6-10/h1-3,5-6,11H,4,7-9H2,(H,14,15). The first kappa shape index (κ1) is 11.6. The lowest BCUT2D eigenvalue weighted by Gasteiger charge is -2.20. The Morgan fingerprint density at radius 3 is 2.82 bits per heavy atom. The lowest BCUT2D eigenvalue weighted by molar-refractivity contribution is -0.154. The highest BCUT2D eigenvalue weighted by Gasteiger charge is 2.30. The van der Waals surface area contributed by atoms with Crippen molar-refractivity contribution in [1.29, 1.82) is 0 Å². The molecule has 2 rings (SSSR count). The monoisotopic (exact) mass is 233 g/mol. The Balaban J connectivity index is 1.87. The van der Waals surface area contributed by atoms with Crippen LogP contribution in [0.2, 0.25) is 0 Å². The van der Waals surface area contributed by atoms with Crippen LogP contribution in [0.25, 0.3) is 0 Å². The number of carbonyl (C=O) groups excluding carboxylic acids is 2. The molecule has 1 N–H and O–H groups in total. The molecular weight excluding hydrogens is 218 g/mol.